The standard InChI is InChI=1S/C25H30N2O4S/c1-16-9-10-23(17(2)15-16)32(29,30)27-13-11-20(12-14-27)25(28)26-19(4)24-18(3)21-7-5-6-8-22(21)31-24/h5-10,15,19-20H,11-14H2,1-4H3,(H,26,28). The minimum Gasteiger partial charge on any atom is -0.459 e. The number of fused-ring (bicyclic) bond motifs is 1. The number of sulfonamides is 1. The highest BCUT2D eigenvalue weighted by Crippen LogP contribution is 2.30. The lowest BCUT2D eigenvalue weighted by Crippen LogP contribution is -2.43. The smallest absolute Gasteiger partial charge is 0.243 e. The van der Waals surface area contributed by atoms with Crippen molar-refractivity contribution in [1.82, 2.24) is 9.62 Å². The Bertz CT molecular complexity index is 1250. The molecule has 1 unspecified atom stereocenters. The highest BCUT2D eigenvalue weighted by Gasteiger charge is 2.33. The van der Waals surface area contributed by atoms with Crippen LogP contribution in [-0.4, -0.2) is 31.7 Å². The number of nitrogens with zero attached hydrogens (tertiary/aromatic N) is 1. The molecule has 1 atom stereocenters. The summed E-state index contributed by atoms with van der Waals surface area (Å²) in [5.41, 5.74) is 3.62. The molecule has 6 nitrogen and oxygen atoms in total. The molecule has 2 aromatic carbocycles. The van der Waals surface area contributed by atoms with Gasteiger partial charge in [-0.15, -0.1) is 0 Å². The Morgan fingerprint density at radius 3 is 2.44 bits per heavy atom. The Balaban J connectivity index is 1.40. The van der Waals surface area contributed by atoms with E-state index < -0.39 is 10.0 Å². The molecule has 0 radical (unpaired) electrons. The number of hydrogen-bond donors (Lipinski definition) is 1. The number of para-hydroxylation sites is 1. The van der Waals surface area contributed by atoms with E-state index in [1.807, 2.05) is 64.1 Å². The van der Waals surface area contributed by atoms with Crippen LogP contribution in [0.5, 0.6) is 0 Å². The third-order valence-electron chi connectivity index (χ3n) is 6.41. The first-order valence-electron chi connectivity index (χ1n) is 11.0. The van der Waals surface area contributed by atoms with Crippen molar-refractivity contribution in [2.24, 2.45) is 5.92 Å². The number of rotatable bonds is 5. The van der Waals surface area contributed by atoms with E-state index in [9.17, 15) is 13.2 Å². The Morgan fingerprint density at radius 1 is 1.09 bits per heavy atom. The van der Waals surface area contributed by atoms with Gasteiger partial charge in [0, 0.05) is 30.0 Å². The average Bonchev–Trinajstić information content (AvgIpc) is 3.10. The largest absolute Gasteiger partial charge is 0.459 e. The molecule has 1 aliphatic heterocycles. The summed E-state index contributed by atoms with van der Waals surface area (Å²) < 4.78 is 33.7. The van der Waals surface area contributed by atoms with E-state index in [-0.39, 0.29) is 17.9 Å². The lowest BCUT2D eigenvalue weighted by molar-refractivity contribution is -0.126. The molecule has 0 spiro atoms. The molecule has 0 aliphatic carbocycles. The molecule has 1 N–H and O–H groups in total. The van der Waals surface area contributed by atoms with Crippen LogP contribution < -0.4 is 5.32 Å². The molecule has 1 aliphatic rings. The van der Waals surface area contributed by atoms with Crippen LogP contribution in [0.15, 0.2) is 51.8 Å². The number of furan rings is 1. The average molecular weight is 455 g/mol. The van der Waals surface area contributed by atoms with Gasteiger partial charge in [-0.1, -0.05) is 35.9 Å². The zero-order chi connectivity index (χ0) is 23.0. The first kappa shape index (κ1) is 22.6. The topological polar surface area (TPSA) is 79.6 Å². The number of carbonyl (C=O) groups excluding carboxylic acids is 1. The molecule has 2 heterocycles. The van der Waals surface area contributed by atoms with Gasteiger partial charge in [0.05, 0.1) is 10.9 Å². The molecule has 0 bridgehead atoms. The fraction of sp³-hybridized carbons (Fsp3) is 0.400. The highest BCUT2D eigenvalue weighted by molar-refractivity contribution is 7.89. The third kappa shape index (κ3) is 4.19. The Labute approximate surface area is 189 Å². The number of benzene rings is 2. The number of hydrogen-bond acceptors (Lipinski definition) is 4. The zero-order valence-electron chi connectivity index (χ0n) is 19.0. The van der Waals surface area contributed by atoms with E-state index in [0.717, 1.165) is 33.4 Å². The van der Waals surface area contributed by atoms with Gasteiger partial charge in [0.25, 0.3) is 0 Å². The Morgan fingerprint density at radius 2 is 1.78 bits per heavy atom. The van der Waals surface area contributed by atoms with Crippen molar-refractivity contribution < 1.29 is 17.6 Å². The molecule has 1 amide bonds. The number of piperidine rings is 1. The van der Waals surface area contributed by atoms with Crippen LogP contribution in [0, 0.1) is 26.7 Å². The summed E-state index contributed by atoms with van der Waals surface area (Å²) in [5.74, 6) is 0.489. The number of nitrogens with one attached hydrogen (secondary N) is 1. The molecule has 7 heteroatoms. The molecular formula is C25H30N2O4S. The zero-order valence-corrected chi connectivity index (χ0v) is 19.8. The quantitative estimate of drug-likeness (QED) is 0.609. The SMILES string of the molecule is Cc1ccc(S(=O)(=O)N2CCC(C(=O)NC(C)c3oc4ccccc4c3C)CC2)c(C)c1. The number of carbonyl (C=O) groups is 1. The second-order valence-electron chi connectivity index (χ2n) is 8.77. The van der Waals surface area contributed by atoms with Gasteiger partial charge in [0.15, 0.2) is 0 Å². The lowest BCUT2D eigenvalue weighted by Gasteiger charge is -2.31. The molecule has 1 saturated heterocycles. The molecule has 0 saturated carbocycles. The van der Waals surface area contributed by atoms with Crippen LogP contribution in [0.25, 0.3) is 11.0 Å². The Kier molecular flexibility index (Phi) is 6.14. The van der Waals surface area contributed by atoms with Crippen LogP contribution in [0.3, 0.4) is 0 Å². The van der Waals surface area contributed by atoms with E-state index in [1.165, 1.54) is 4.31 Å². The predicted octanol–water partition coefficient (Wildman–Crippen LogP) is 4.64. The summed E-state index contributed by atoms with van der Waals surface area (Å²) >= 11 is 0. The maximum absolute atomic E-state index is 13.1. The number of amides is 1. The molecule has 1 fully saturated rings. The van der Waals surface area contributed by atoms with Gasteiger partial charge in [-0.2, -0.15) is 4.31 Å². The minimum absolute atomic E-state index is 0.0547. The second kappa shape index (κ2) is 8.71. The predicted molar refractivity (Wildman–Crippen MR) is 125 cm³/mol. The number of aryl methyl sites for hydroxylation is 3. The van der Waals surface area contributed by atoms with Gasteiger partial charge >= 0.3 is 0 Å². The van der Waals surface area contributed by atoms with Crippen LogP contribution >= 0.6 is 0 Å². The van der Waals surface area contributed by atoms with Crippen LogP contribution in [0.2, 0.25) is 0 Å². The summed E-state index contributed by atoms with van der Waals surface area (Å²) in [6, 6.07) is 13.0. The second-order valence-corrected chi connectivity index (χ2v) is 10.7. The molecule has 170 valence electrons. The van der Waals surface area contributed by atoms with Gasteiger partial charge in [0.2, 0.25) is 15.9 Å². The minimum atomic E-state index is -3.56. The first-order chi connectivity index (χ1) is 15.2. The summed E-state index contributed by atoms with van der Waals surface area (Å²) in [4.78, 5) is 13.3. The summed E-state index contributed by atoms with van der Waals surface area (Å²) in [6.45, 7) is 8.36. The van der Waals surface area contributed by atoms with Gasteiger partial charge in [-0.3, -0.25) is 4.79 Å². The van der Waals surface area contributed by atoms with Crippen LogP contribution in [0.1, 0.15) is 48.3 Å². The van der Waals surface area contributed by atoms with Crippen LogP contribution in [0.4, 0.5) is 0 Å². The molecular weight excluding hydrogens is 424 g/mol. The maximum Gasteiger partial charge on any atom is 0.243 e. The lowest BCUT2D eigenvalue weighted by atomic mass is 9.96. The normalized spacial score (nSPS) is 16.9. The summed E-state index contributed by atoms with van der Waals surface area (Å²) in [7, 11) is -3.56. The van der Waals surface area contributed by atoms with E-state index in [0.29, 0.717) is 30.8 Å². The molecule has 32 heavy (non-hydrogen) atoms. The van der Waals surface area contributed by atoms with Crippen molar-refractivity contribution in [1.29, 1.82) is 0 Å². The van der Waals surface area contributed by atoms with E-state index in [2.05, 4.69) is 5.32 Å². The third-order valence-corrected chi connectivity index (χ3v) is 8.46. The maximum atomic E-state index is 13.1. The Hall–Kier alpha value is -2.64. The van der Waals surface area contributed by atoms with Crippen molar-refractivity contribution >= 4 is 26.9 Å². The van der Waals surface area contributed by atoms with Crippen molar-refractivity contribution in [2.45, 2.75) is 51.5 Å². The highest BCUT2D eigenvalue weighted by atomic mass is 32.2. The van der Waals surface area contributed by atoms with Crippen molar-refractivity contribution in [3.8, 4) is 0 Å². The van der Waals surface area contributed by atoms with Gasteiger partial charge in [-0.05, 0) is 58.2 Å². The van der Waals surface area contributed by atoms with Gasteiger partial charge in [-0.25, -0.2) is 8.42 Å². The molecule has 3 aromatic rings. The van der Waals surface area contributed by atoms with E-state index in [1.54, 1.807) is 6.07 Å². The van der Waals surface area contributed by atoms with Gasteiger partial charge in [0.1, 0.15) is 11.3 Å². The summed E-state index contributed by atoms with van der Waals surface area (Å²) in [5, 5.41) is 4.12. The molecule has 4 rings (SSSR count). The first-order valence-corrected chi connectivity index (χ1v) is 12.5. The fourth-order valence-corrected chi connectivity index (χ4v) is 6.26. The van der Waals surface area contributed by atoms with E-state index in [4.69, 9.17) is 4.42 Å². The fourth-order valence-electron chi connectivity index (χ4n) is 4.59. The van der Waals surface area contributed by atoms with Crippen molar-refractivity contribution in [3.05, 3.63) is 64.9 Å². The van der Waals surface area contributed by atoms with Crippen LogP contribution in [-0.2, 0) is 14.8 Å². The van der Waals surface area contributed by atoms with E-state index >= 15 is 0 Å². The molecule has 1 aromatic heterocycles. The summed E-state index contributed by atoms with van der Waals surface area (Å²) in [6.07, 6.45) is 1.00. The monoisotopic (exact) mass is 454 g/mol. The van der Waals surface area contributed by atoms with Gasteiger partial charge < -0.3 is 9.73 Å². The van der Waals surface area contributed by atoms with Crippen molar-refractivity contribution in [2.75, 3.05) is 13.1 Å². The van der Waals surface area contributed by atoms with Crippen molar-refractivity contribution in [3.63, 3.8) is 0 Å².